The molecule has 168 valence electrons. The van der Waals surface area contributed by atoms with Crippen molar-refractivity contribution in [2.75, 3.05) is 52.9 Å². The smallest absolute Gasteiger partial charge is 0.421 e. The van der Waals surface area contributed by atoms with Crippen LogP contribution in [0.15, 0.2) is 23.3 Å². The van der Waals surface area contributed by atoms with Gasteiger partial charge in [0.05, 0.1) is 13.1 Å². The fourth-order valence-electron chi connectivity index (χ4n) is 3.05. The molecule has 11 heteroatoms. The Labute approximate surface area is 174 Å². The highest BCUT2D eigenvalue weighted by molar-refractivity contribution is 5.80. The van der Waals surface area contributed by atoms with Crippen molar-refractivity contribution < 1.29 is 22.7 Å². The summed E-state index contributed by atoms with van der Waals surface area (Å²) in [6.45, 7) is 7.29. The molecule has 1 fully saturated rings. The van der Waals surface area contributed by atoms with Gasteiger partial charge in [0.2, 0.25) is 11.8 Å². The fraction of sp³-hybridized carbons (Fsp3) is 0.632. The molecule has 1 amide bonds. The molecule has 8 nitrogen and oxygen atoms in total. The average Bonchev–Trinajstić information content (AvgIpc) is 2.68. The maximum Gasteiger partial charge on any atom is 0.421 e. The van der Waals surface area contributed by atoms with E-state index in [1.54, 1.807) is 7.05 Å². The van der Waals surface area contributed by atoms with E-state index in [9.17, 15) is 18.0 Å². The van der Waals surface area contributed by atoms with Gasteiger partial charge in [-0.1, -0.05) is 0 Å². The molecule has 0 saturated carbocycles. The highest BCUT2D eigenvalue weighted by Crippen LogP contribution is 2.34. The minimum absolute atomic E-state index is 0.00542. The molecule has 0 unspecified atom stereocenters. The first-order valence-corrected chi connectivity index (χ1v) is 9.83. The maximum atomic E-state index is 13.0. The Morgan fingerprint density at radius 2 is 2.00 bits per heavy atom. The number of amides is 1. The number of hydrogen-bond donors (Lipinski definition) is 2. The minimum Gasteiger partial charge on any atom is -0.475 e. The van der Waals surface area contributed by atoms with Gasteiger partial charge >= 0.3 is 6.18 Å². The summed E-state index contributed by atoms with van der Waals surface area (Å²) >= 11 is 0. The molecule has 1 aliphatic rings. The van der Waals surface area contributed by atoms with Crippen LogP contribution >= 0.6 is 0 Å². The minimum atomic E-state index is -4.52. The van der Waals surface area contributed by atoms with Crippen molar-refractivity contribution in [2.24, 2.45) is 4.99 Å². The number of halogens is 3. The Kier molecular flexibility index (Phi) is 8.70. The number of nitrogens with one attached hydrogen (secondary N) is 2. The molecular weight excluding hydrogens is 401 g/mol. The molecule has 2 heterocycles. The SMILES string of the molecule is CN=C(NCCOc1ncccc1C(F)(F)F)N1CCN(CC(=O)NC(C)C)CC1. The molecule has 0 bridgehead atoms. The lowest BCUT2D eigenvalue weighted by Gasteiger charge is -2.36. The van der Waals surface area contributed by atoms with E-state index in [-0.39, 0.29) is 25.1 Å². The van der Waals surface area contributed by atoms with Crippen molar-refractivity contribution in [3.8, 4) is 5.88 Å². The molecule has 2 rings (SSSR count). The lowest BCUT2D eigenvalue weighted by Crippen LogP contribution is -2.54. The van der Waals surface area contributed by atoms with Crippen LogP contribution in [0.2, 0.25) is 0 Å². The van der Waals surface area contributed by atoms with E-state index >= 15 is 0 Å². The normalized spacial score (nSPS) is 16.0. The van der Waals surface area contributed by atoms with Crippen LogP contribution in [0.25, 0.3) is 0 Å². The Bertz CT molecular complexity index is 718. The van der Waals surface area contributed by atoms with Crippen molar-refractivity contribution in [1.29, 1.82) is 0 Å². The molecule has 1 aromatic heterocycles. The summed E-state index contributed by atoms with van der Waals surface area (Å²) in [6, 6.07) is 2.28. The fourth-order valence-corrected chi connectivity index (χ4v) is 3.05. The van der Waals surface area contributed by atoms with E-state index in [0.29, 0.717) is 38.7 Å². The monoisotopic (exact) mass is 430 g/mol. The number of rotatable bonds is 7. The number of guanidine groups is 1. The zero-order chi connectivity index (χ0) is 22.1. The number of ether oxygens (including phenoxy) is 1. The lowest BCUT2D eigenvalue weighted by molar-refractivity contribution is -0.139. The molecule has 1 aliphatic heterocycles. The number of pyridine rings is 1. The lowest BCUT2D eigenvalue weighted by atomic mass is 10.2. The number of carbonyl (C=O) groups excluding carboxylic acids is 1. The van der Waals surface area contributed by atoms with E-state index in [2.05, 4.69) is 25.5 Å². The number of aromatic nitrogens is 1. The molecule has 0 aliphatic carbocycles. The standard InChI is InChI=1S/C19H29F3N6O2/c1-14(2)26-16(29)13-27-8-10-28(11-9-27)18(23-3)25-7-12-30-17-15(19(20,21)22)5-4-6-24-17/h4-6,14H,7-13H2,1-3H3,(H,23,25)(H,26,29). The largest absolute Gasteiger partial charge is 0.475 e. The number of carbonyl (C=O) groups is 1. The van der Waals surface area contributed by atoms with Crippen LogP contribution in [0.1, 0.15) is 19.4 Å². The van der Waals surface area contributed by atoms with Crippen LogP contribution in [0.5, 0.6) is 5.88 Å². The van der Waals surface area contributed by atoms with Gasteiger partial charge in [-0.3, -0.25) is 14.7 Å². The van der Waals surface area contributed by atoms with Gasteiger partial charge in [-0.25, -0.2) is 4.98 Å². The van der Waals surface area contributed by atoms with Crippen LogP contribution in [0, 0.1) is 0 Å². The summed E-state index contributed by atoms with van der Waals surface area (Å²) in [6.07, 6.45) is -3.25. The van der Waals surface area contributed by atoms with Gasteiger partial charge in [-0.15, -0.1) is 0 Å². The van der Waals surface area contributed by atoms with Gasteiger partial charge in [0.25, 0.3) is 0 Å². The predicted molar refractivity (Wildman–Crippen MR) is 107 cm³/mol. The highest BCUT2D eigenvalue weighted by Gasteiger charge is 2.35. The van der Waals surface area contributed by atoms with E-state index in [0.717, 1.165) is 6.07 Å². The Morgan fingerprint density at radius 1 is 1.30 bits per heavy atom. The third-order valence-electron chi connectivity index (χ3n) is 4.40. The van der Waals surface area contributed by atoms with Gasteiger partial charge in [0, 0.05) is 45.5 Å². The number of nitrogens with zero attached hydrogens (tertiary/aromatic N) is 4. The van der Waals surface area contributed by atoms with Crippen LogP contribution in [-0.4, -0.2) is 85.6 Å². The number of piperazine rings is 1. The number of aliphatic imine (C=N–C) groups is 1. The molecule has 0 aromatic carbocycles. The Morgan fingerprint density at radius 3 is 2.60 bits per heavy atom. The van der Waals surface area contributed by atoms with Crippen molar-refractivity contribution in [3.63, 3.8) is 0 Å². The van der Waals surface area contributed by atoms with Crippen LogP contribution < -0.4 is 15.4 Å². The summed E-state index contributed by atoms with van der Waals surface area (Å²) in [5, 5.41) is 5.97. The van der Waals surface area contributed by atoms with Gasteiger partial charge < -0.3 is 20.3 Å². The van der Waals surface area contributed by atoms with Crippen molar-refractivity contribution in [2.45, 2.75) is 26.1 Å². The summed E-state index contributed by atoms with van der Waals surface area (Å²) in [5.41, 5.74) is -0.896. The molecule has 0 atom stereocenters. The highest BCUT2D eigenvalue weighted by atomic mass is 19.4. The van der Waals surface area contributed by atoms with Crippen LogP contribution in [0.4, 0.5) is 13.2 Å². The molecule has 0 spiro atoms. The van der Waals surface area contributed by atoms with E-state index in [1.165, 1.54) is 12.3 Å². The molecule has 1 aromatic rings. The van der Waals surface area contributed by atoms with Crippen molar-refractivity contribution in [1.82, 2.24) is 25.4 Å². The Hall–Kier alpha value is -2.56. The van der Waals surface area contributed by atoms with E-state index in [1.807, 2.05) is 18.7 Å². The topological polar surface area (TPSA) is 82.1 Å². The number of alkyl halides is 3. The second-order valence-corrected chi connectivity index (χ2v) is 7.16. The van der Waals surface area contributed by atoms with Crippen LogP contribution in [-0.2, 0) is 11.0 Å². The first-order chi connectivity index (χ1) is 14.2. The zero-order valence-corrected chi connectivity index (χ0v) is 17.5. The zero-order valence-electron chi connectivity index (χ0n) is 17.5. The second kappa shape index (κ2) is 11.0. The summed E-state index contributed by atoms with van der Waals surface area (Å²) in [5.74, 6) is 0.211. The van der Waals surface area contributed by atoms with Gasteiger partial charge in [0.1, 0.15) is 12.2 Å². The Balaban J connectivity index is 1.76. The van der Waals surface area contributed by atoms with Gasteiger partial charge in [-0.2, -0.15) is 13.2 Å². The summed E-state index contributed by atoms with van der Waals surface area (Å²) in [4.78, 5) is 23.9. The van der Waals surface area contributed by atoms with E-state index in [4.69, 9.17) is 4.74 Å². The summed E-state index contributed by atoms with van der Waals surface area (Å²) < 4.78 is 44.1. The van der Waals surface area contributed by atoms with Gasteiger partial charge in [0.15, 0.2) is 5.96 Å². The molecular formula is C19H29F3N6O2. The molecule has 2 N–H and O–H groups in total. The first kappa shape index (κ1) is 23.7. The molecule has 30 heavy (non-hydrogen) atoms. The average molecular weight is 430 g/mol. The first-order valence-electron chi connectivity index (χ1n) is 9.83. The molecule has 0 radical (unpaired) electrons. The number of hydrogen-bond acceptors (Lipinski definition) is 5. The summed E-state index contributed by atoms with van der Waals surface area (Å²) in [7, 11) is 1.64. The van der Waals surface area contributed by atoms with E-state index < -0.39 is 17.6 Å². The quantitative estimate of drug-likeness (QED) is 0.384. The third kappa shape index (κ3) is 7.36. The van der Waals surface area contributed by atoms with Crippen LogP contribution in [0.3, 0.4) is 0 Å². The third-order valence-corrected chi connectivity index (χ3v) is 4.40. The second-order valence-electron chi connectivity index (χ2n) is 7.16. The van der Waals surface area contributed by atoms with Crippen molar-refractivity contribution in [3.05, 3.63) is 23.9 Å². The van der Waals surface area contributed by atoms with Gasteiger partial charge in [-0.05, 0) is 26.0 Å². The van der Waals surface area contributed by atoms with Crippen molar-refractivity contribution >= 4 is 11.9 Å². The molecule has 1 saturated heterocycles. The predicted octanol–water partition coefficient (Wildman–Crippen LogP) is 1.20. The maximum absolute atomic E-state index is 13.0.